The van der Waals surface area contributed by atoms with Gasteiger partial charge in [0.2, 0.25) is 5.91 Å². The lowest BCUT2D eigenvalue weighted by Crippen LogP contribution is -2.52. The van der Waals surface area contributed by atoms with Crippen molar-refractivity contribution in [1.29, 1.82) is 0 Å². The molecule has 2 amide bonds. The number of aliphatic hydroxyl groups excluding tert-OH is 1. The maximum Gasteiger partial charge on any atom is 0.405 e. The molecule has 0 saturated carbocycles. The second kappa shape index (κ2) is 12.3. The van der Waals surface area contributed by atoms with Crippen molar-refractivity contribution in [2.75, 3.05) is 6.61 Å². The lowest BCUT2D eigenvalue weighted by Gasteiger charge is -2.22. The van der Waals surface area contributed by atoms with E-state index in [2.05, 4.69) is 10.6 Å². The van der Waals surface area contributed by atoms with E-state index < -0.39 is 36.5 Å². The average Bonchev–Trinajstić information content (AvgIpc) is 2.87. The molecular weight excluding hydrogens is 432 g/mol. The van der Waals surface area contributed by atoms with Crippen LogP contribution in [0.25, 0.3) is 11.1 Å². The highest BCUT2D eigenvalue weighted by Gasteiger charge is 2.26. The van der Waals surface area contributed by atoms with Crippen LogP contribution in [0, 0.1) is 0 Å². The number of aliphatic hydroxyl groups is 1. The Kier molecular flexibility index (Phi) is 8.94. The van der Waals surface area contributed by atoms with Crippen molar-refractivity contribution < 1.29 is 24.6 Å². The van der Waals surface area contributed by atoms with Crippen LogP contribution >= 0.6 is 0 Å². The number of carboxylic acid groups (broad SMARTS) is 1. The van der Waals surface area contributed by atoms with E-state index in [0.717, 1.165) is 22.3 Å². The predicted molar refractivity (Wildman–Crippen MR) is 129 cm³/mol. The van der Waals surface area contributed by atoms with Gasteiger partial charge in [-0.3, -0.25) is 9.59 Å². The van der Waals surface area contributed by atoms with Crippen molar-refractivity contribution in [2.45, 2.75) is 31.3 Å². The Hall–Kier alpha value is -3.97. The summed E-state index contributed by atoms with van der Waals surface area (Å²) in [5.74, 6) is -1.14. The Morgan fingerprint density at radius 1 is 0.706 bits per heavy atom. The summed E-state index contributed by atoms with van der Waals surface area (Å²) < 4.78 is 0. The Bertz CT molecular complexity index is 1090. The van der Waals surface area contributed by atoms with E-state index in [4.69, 9.17) is 0 Å². The molecule has 0 aliphatic carbocycles. The molecule has 0 saturated heterocycles. The van der Waals surface area contributed by atoms with Gasteiger partial charge in [-0.05, 0) is 35.1 Å². The molecule has 34 heavy (non-hydrogen) atoms. The van der Waals surface area contributed by atoms with Gasteiger partial charge in [-0.1, -0.05) is 84.9 Å². The summed E-state index contributed by atoms with van der Waals surface area (Å²) >= 11 is 0. The number of Topliss-reactive ketones (excluding diaryl/α,β-unsaturated/α-hetero) is 1. The summed E-state index contributed by atoms with van der Waals surface area (Å²) in [6, 6.07) is 24.8. The Morgan fingerprint density at radius 3 is 1.88 bits per heavy atom. The fourth-order valence-corrected chi connectivity index (χ4v) is 3.71. The van der Waals surface area contributed by atoms with E-state index >= 15 is 0 Å². The van der Waals surface area contributed by atoms with Crippen LogP contribution < -0.4 is 10.6 Å². The number of aryl methyl sites for hydroxylation is 1. The average molecular weight is 461 g/mol. The zero-order valence-electron chi connectivity index (χ0n) is 18.7. The van der Waals surface area contributed by atoms with Gasteiger partial charge in [0.15, 0.2) is 5.78 Å². The van der Waals surface area contributed by atoms with Crippen LogP contribution in [0.3, 0.4) is 0 Å². The number of carbonyl (C=O) groups is 3. The maximum atomic E-state index is 12.9. The number of amides is 2. The predicted octanol–water partition coefficient (Wildman–Crippen LogP) is 3.21. The number of rotatable bonds is 11. The van der Waals surface area contributed by atoms with Crippen LogP contribution in [0.4, 0.5) is 4.79 Å². The van der Waals surface area contributed by atoms with Crippen molar-refractivity contribution in [3.63, 3.8) is 0 Å². The SMILES string of the molecule is O=C(O)NC(Cc1ccc(-c2ccccc2)cc1)C(=O)NC(CCc1ccccc1)C(=O)CO. The van der Waals surface area contributed by atoms with E-state index in [1.807, 2.05) is 84.9 Å². The molecular formula is C27H28N2O5. The minimum atomic E-state index is -1.34. The lowest BCUT2D eigenvalue weighted by molar-refractivity contribution is -0.130. The molecule has 176 valence electrons. The number of nitrogens with one attached hydrogen (secondary N) is 2. The smallest absolute Gasteiger partial charge is 0.405 e. The van der Waals surface area contributed by atoms with Gasteiger partial charge in [-0.2, -0.15) is 0 Å². The molecule has 3 rings (SSSR count). The monoisotopic (exact) mass is 460 g/mol. The van der Waals surface area contributed by atoms with Crippen LogP contribution in [0.2, 0.25) is 0 Å². The minimum Gasteiger partial charge on any atom is -0.465 e. The third kappa shape index (κ3) is 7.28. The number of ketones is 1. The van der Waals surface area contributed by atoms with Gasteiger partial charge in [0.25, 0.3) is 0 Å². The Balaban J connectivity index is 1.69. The maximum absolute atomic E-state index is 12.9. The summed E-state index contributed by atoms with van der Waals surface area (Å²) in [4.78, 5) is 36.5. The van der Waals surface area contributed by atoms with Crippen LogP contribution in [0.15, 0.2) is 84.9 Å². The first-order chi connectivity index (χ1) is 16.5. The second-order valence-corrected chi connectivity index (χ2v) is 7.98. The van der Waals surface area contributed by atoms with E-state index in [1.165, 1.54) is 0 Å². The largest absolute Gasteiger partial charge is 0.465 e. The fraction of sp³-hybridized carbons (Fsp3) is 0.222. The molecule has 0 aliphatic rings. The molecule has 3 aromatic carbocycles. The molecule has 2 unspecified atom stereocenters. The Morgan fingerprint density at radius 2 is 1.29 bits per heavy atom. The highest BCUT2D eigenvalue weighted by molar-refractivity contribution is 5.92. The zero-order chi connectivity index (χ0) is 24.3. The van der Waals surface area contributed by atoms with Crippen LogP contribution in [-0.4, -0.2) is 46.7 Å². The number of hydrogen-bond acceptors (Lipinski definition) is 4. The molecule has 2 atom stereocenters. The van der Waals surface area contributed by atoms with E-state index in [1.54, 1.807) is 0 Å². The molecule has 7 nitrogen and oxygen atoms in total. The number of benzene rings is 3. The molecule has 0 fully saturated rings. The van der Waals surface area contributed by atoms with Crippen LogP contribution in [0.5, 0.6) is 0 Å². The fourth-order valence-electron chi connectivity index (χ4n) is 3.71. The lowest BCUT2D eigenvalue weighted by atomic mass is 9.99. The van der Waals surface area contributed by atoms with Gasteiger partial charge < -0.3 is 20.8 Å². The summed E-state index contributed by atoms with van der Waals surface area (Å²) in [5, 5.41) is 23.5. The molecule has 7 heteroatoms. The highest BCUT2D eigenvalue weighted by atomic mass is 16.4. The van der Waals surface area contributed by atoms with Gasteiger partial charge in [0, 0.05) is 6.42 Å². The molecule has 0 aliphatic heterocycles. The third-order valence-electron chi connectivity index (χ3n) is 5.54. The molecule has 3 aromatic rings. The summed E-state index contributed by atoms with van der Waals surface area (Å²) in [5.41, 5.74) is 3.82. The zero-order valence-corrected chi connectivity index (χ0v) is 18.7. The molecule has 0 radical (unpaired) electrons. The third-order valence-corrected chi connectivity index (χ3v) is 5.54. The van der Waals surface area contributed by atoms with Gasteiger partial charge in [0.05, 0.1) is 6.04 Å². The van der Waals surface area contributed by atoms with Gasteiger partial charge in [0.1, 0.15) is 12.6 Å². The molecule has 0 spiro atoms. The molecule has 0 bridgehead atoms. The summed E-state index contributed by atoms with van der Waals surface area (Å²) in [6.07, 6.45) is -0.405. The van der Waals surface area contributed by atoms with E-state index in [0.29, 0.717) is 12.8 Å². The van der Waals surface area contributed by atoms with Crippen LogP contribution in [0.1, 0.15) is 17.5 Å². The number of carbonyl (C=O) groups excluding carboxylic acids is 2. The first-order valence-corrected chi connectivity index (χ1v) is 11.1. The highest BCUT2D eigenvalue weighted by Crippen LogP contribution is 2.20. The van der Waals surface area contributed by atoms with Crippen molar-refractivity contribution >= 4 is 17.8 Å². The first-order valence-electron chi connectivity index (χ1n) is 11.1. The van der Waals surface area contributed by atoms with E-state index in [-0.39, 0.29) is 6.42 Å². The number of hydrogen-bond donors (Lipinski definition) is 4. The van der Waals surface area contributed by atoms with Gasteiger partial charge in [-0.25, -0.2) is 4.79 Å². The summed E-state index contributed by atoms with van der Waals surface area (Å²) in [7, 11) is 0. The van der Waals surface area contributed by atoms with Crippen molar-refractivity contribution in [3.8, 4) is 11.1 Å². The molecule has 0 aromatic heterocycles. The molecule has 4 N–H and O–H groups in total. The van der Waals surface area contributed by atoms with Crippen molar-refractivity contribution in [1.82, 2.24) is 10.6 Å². The van der Waals surface area contributed by atoms with Crippen molar-refractivity contribution in [3.05, 3.63) is 96.1 Å². The topological polar surface area (TPSA) is 116 Å². The normalized spacial score (nSPS) is 12.4. The molecule has 0 heterocycles. The van der Waals surface area contributed by atoms with E-state index in [9.17, 15) is 24.6 Å². The standard InChI is InChI=1S/C27H28N2O5/c30-18-25(31)23(16-13-19-7-3-1-4-8-19)28-26(32)24(29-27(33)34)17-20-11-14-22(15-12-20)21-9-5-2-6-10-21/h1-12,14-15,23-24,29-30H,13,16-18H2,(H,28,32)(H,33,34). The summed E-state index contributed by atoms with van der Waals surface area (Å²) in [6.45, 7) is -0.711. The first kappa shape index (κ1) is 24.7. The minimum absolute atomic E-state index is 0.117. The quantitative estimate of drug-likeness (QED) is 0.351. The van der Waals surface area contributed by atoms with Gasteiger partial charge >= 0.3 is 6.09 Å². The second-order valence-electron chi connectivity index (χ2n) is 7.98. The van der Waals surface area contributed by atoms with Gasteiger partial charge in [-0.15, -0.1) is 0 Å². The van der Waals surface area contributed by atoms with Crippen LogP contribution in [-0.2, 0) is 22.4 Å². The Labute approximate surface area is 198 Å². The van der Waals surface area contributed by atoms with Crippen molar-refractivity contribution in [2.24, 2.45) is 0 Å².